The van der Waals surface area contributed by atoms with Gasteiger partial charge in [-0.15, -0.1) is 0 Å². The molecule has 2 rings (SSSR count). The Hall–Kier alpha value is -1.32. The molecule has 0 spiro atoms. The highest BCUT2D eigenvalue weighted by atomic mass is 19.1. The Bertz CT molecular complexity index is 324. The summed E-state index contributed by atoms with van der Waals surface area (Å²) in [5, 5.41) is 8.91. The van der Waals surface area contributed by atoms with Crippen LogP contribution in [0, 0.1) is 5.95 Å². The number of aromatic nitrogens is 1. The van der Waals surface area contributed by atoms with E-state index in [1.165, 1.54) is 12.1 Å². The summed E-state index contributed by atoms with van der Waals surface area (Å²) in [7, 11) is 0. The molecule has 0 aliphatic heterocycles. The van der Waals surface area contributed by atoms with E-state index < -0.39 is 11.7 Å². The van der Waals surface area contributed by atoms with Crippen LogP contribution in [0.15, 0.2) is 12.1 Å². The van der Waals surface area contributed by atoms with E-state index in [1.807, 2.05) is 0 Å². The van der Waals surface area contributed by atoms with Crippen molar-refractivity contribution in [1.82, 2.24) is 4.98 Å². The number of hydrogen-bond acceptors (Lipinski definition) is 3. The van der Waals surface area contributed by atoms with Gasteiger partial charge in [0.15, 0.2) is 5.75 Å². The lowest BCUT2D eigenvalue weighted by atomic mass is 10.3. The maximum atomic E-state index is 12.8. The van der Waals surface area contributed by atoms with Crippen molar-refractivity contribution in [3.05, 3.63) is 18.1 Å². The number of hydrogen-bond donors (Lipinski definition) is 1. The maximum Gasteiger partial charge on any atom is 0.258 e. The van der Waals surface area contributed by atoms with Gasteiger partial charge in [-0.3, -0.25) is 0 Å². The zero-order valence-corrected chi connectivity index (χ0v) is 7.74. The molecule has 1 N–H and O–H groups in total. The number of aromatic hydroxyl groups is 1. The summed E-state index contributed by atoms with van der Waals surface area (Å²) in [5.74, 6) is -1.06. The van der Waals surface area contributed by atoms with Crippen LogP contribution in [0.5, 0.6) is 11.6 Å². The Morgan fingerprint density at radius 2 is 2.07 bits per heavy atom. The van der Waals surface area contributed by atoms with Crippen molar-refractivity contribution in [2.75, 3.05) is 0 Å². The highest BCUT2D eigenvalue weighted by Crippen LogP contribution is 2.24. The van der Waals surface area contributed by atoms with Crippen LogP contribution in [0.4, 0.5) is 4.39 Å². The molecule has 0 amide bonds. The number of halogens is 1. The van der Waals surface area contributed by atoms with Gasteiger partial charge in [0.25, 0.3) is 5.95 Å². The quantitative estimate of drug-likeness (QED) is 0.739. The first kappa shape index (κ1) is 9.24. The first-order chi connectivity index (χ1) is 6.75. The molecule has 4 heteroatoms. The minimum Gasteiger partial charge on any atom is -0.504 e. The molecule has 3 nitrogen and oxygen atoms in total. The van der Waals surface area contributed by atoms with Gasteiger partial charge in [0, 0.05) is 6.07 Å². The second kappa shape index (κ2) is 3.82. The molecule has 1 aliphatic rings. The topological polar surface area (TPSA) is 42.4 Å². The molecule has 1 heterocycles. The van der Waals surface area contributed by atoms with E-state index in [-0.39, 0.29) is 12.0 Å². The minimum absolute atomic E-state index is 0.159. The summed E-state index contributed by atoms with van der Waals surface area (Å²) in [6, 6.07) is 2.74. The molecule has 0 bridgehead atoms. The van der Waals surface area contributed by atoms with Crippen LogP contribution in [0.1, 0.15) is 25.7 Å². The van der Waals surface area contributed by atoms with Gasteiger partial charge < -0.3 is 9.84 Å². The molecular formula is C10H12FNO2. The molecular weight excluding hydrogens is 185 g/mol. The lowest BCUT2D eigenvalue weighted by Gasteiger charge is -2.11. The van der Waals surface area contributed by atoms with E-state index in [0.717, 1.165) is 25.7 Å². The Kier molecular flexibility index (Phi) is 2.52. The fourth-order valence-corrected chi connectivity index (χ4v) is 1.65. The molecule has 14 heavy (non-hydrogen) atoms. The van der Waals surface area contributed by atoms with Gasteiger partial charge in [0.05, 0.1) is 0 Å². The van der Waals surface area contributed by atoms with Gasteiger partial charge in [-0.05, 0) is 31.7 Å². The summed E-state index contributed by atoms with van der Waals surface area (Å²) in [5.41, 5.74) is 0. The predicted octanol–water partition coefficient (Wildman–Crippen LogP) is 2.25. The van der Waals surface area contributed by atoms with Gasteiger partial charge >= 0.3 is 0 Å². The van der Waals surface area contributed by atoms with Crippen molar-refractivity contribution in [2.24, 2.45) is 0 Å². The van der Waals surface area contributed by atoms with Crippen LogP contribution >= 0.6 is 0 Å². The average molecular weight is 197 g/mol. The standard InChI is InChI=1S/C10H12FNO2/c11-10-8(13)5-6-9(12-10)14-7-3-1-2-4-7/h5-7,13H,1-4H2. The second-order valence-corrected chi connectivity index (χ2v) is 3.48. The third-order valence-corrected chi connectivity index (χ3v) is 2.39. The normalized spacial score (nSPS) is 17.2. The van der Waals surface area contributed by atoms with Crippen molar-refractivity contribution < 1.29 is 14.2 Å². The largest absolute Gasteiger partial charge is 0.504 e. The monoisotopic (exact) mass is 197 g/mol. The lowest BCUT2D eigenvalue weighted by Crippen LogP contribution is -2.12. The SMILES string of the molecule is Oc1ccc(OC2CCCC2)nc1F. The molecule has 1 fully saturated rings. The van der Waals surface area contributed by atoms with E-state index in [4.69, 9.17) is 9.84 Å². The zero-order chi connectivity index (χ0) is 9.97. The minimum atomic E-state index is -0.875. The maximum absolute atomic E-state index is 12.8. The van der Waals surface area contributed by atoms with E-state index in [2.05, 4.69) is 4.98 Å². The number of ether oxygens (including phenoxy) is 1. The van der Waals surface area contributed by atoms with Crippen molar-refractivity contribution in [3.63, 3.8) is 0 Å². The fourth-order valence-electron chi connectivity index (χ4n) is 1.65. The second-order valence-electron chi connectivity index (χ2n) is 3.48. The van der Waals surface area contributed by atoms with E-state index >= 15 is 0 Å². The lowest BCUT2D eigenvalue weighted by molar-refractivity contribution is 0.198. The van der Waals surface area contributed by atoms with Crippen molar-refractivity contribution in [3.8, 4) is 11.6 Å². The van der Waals surface area contributed by atoms with Gasteiger partial charge in [0.1, 0.15) is 6.10 Å². The Labute approximate surface area is 81.5 Å². The van der Waals surface area contributed by atoms with Crippen LogP contribution < -0.4 is 4.74 Å². The van der Waals surface area contributed by atoms with Crippen LogP contribution in [-0.2, 0) is 0 Å². The van der Waals surface area contributed by atoms with Crippen molar-refractivity contribution in [1.29, 1.82) is 0 Å². The van der Waals surface area contributed by atoms with E-state index in [1.54, 1.807) is 0 Å². The van der Waals surface area contributed by atoms with Crippen LogP contribution in [0.25, 0.3) is 0 Å². The highest BCUT2D eigenvalue weighted by Gasteiger charge is 2.17. The predicted molar refractivity (Wildman–Crippen MR) is 48.7 cm³/mol. The van der Waals surface area contributed by atoms with Crippen LogP contribution in [-0.4, -0.2) is 16.2 Å². The third-order valence-electron chi connectivity index (χ3n) is 2.39. The number of pyridine rings is 1. The molecule has 1 aromatic heterocycles. The molecule has 0 saturated heterocycles. The van der Waals surface area contributed by atoms with Crippen molar-refractivity contribution in [2.45, 2.75) is 31.8 Å². The molecule has 0 aromatic carbocycles. The number of rotatable bonds is 2. The average Bonchev–Trinajstić information content (AvgIpc) is 2.64. The summed E-state index contributed by atoms with van der Waals surface area (Å²) in [6.45, 7) is 0. The van der Waals surface area contributed by atoms with Gasteiger partial charge in [-0.1, -0.05) is 0 Å². The smallest absolute Gasteiger partial charge is 0.258 e. The third kappa shape index (κ3) is 1.95. The highest BCUT2D eigenvalue weighted by molar-refractivity contribution is 5.23. The summed E-state index contributed by atoms with van der Waals surface area (Å²) in [6.07, 6.45) is 4.48. The number of nitrogens with zero attached hydrogens (tertiary/aromatic N) is 1. The zero-order valence-electron chi connectivity index (χ0n) is 7.74. The van der Waals surface area contributed by atoms with E-state index in [9.17, 15) is 4.39 Å². The van der Waals surface area contributed by atoms with Crippen LogP contribution in [0.3, 0.4) is 0 Å². The Morgan fingerprint density at radius 3 is 2.71 bits per heavy atom. The first-order valence-corrected chi connectivity index (χ1v) is 4.78. The van der Waals surface area contributed by atoms with Gasteiger partial charge in [0.2, 0.25) is 5.88 Å². The molecule has 1 aromatic rings. The summed E-state index contributed by atoms with van der Waals surface area (Å²) >= 11 is 0. The summed E-state index contributed by atoms with van der Waals surface area (Å²) < 4.78 is 18.3. The first-order valence-electron chi connectivity index (χ1n) is 4.78. The summed E-state index contributed by atoms with van der Waals surface area (Å²) in [4.78, 5) is 3.50. The Morgan fingerprint density at radius 1 is 1.36 bits per heavy atom. The van der Waals surface area contributed by atoms with Gasteiger partial charge in [-0.25, -0.2) is 0 Å². The van der Waals surface area contributed by atoms with Crippen molar-refractivity contribution >= 4 is 0 Å². The van der Waals surface area contributed by atoms with E-state index in [0.29, 0.717) is 0 Å². The molecule has 1 aliphatic carbocycles. The molecule has 0 unspecified atom stereocenters. The fraction of sp³-hybridized carbons (Fsp3) is 0.500. The molecule has 0 radical (unpaired) electrons. The van der Waals surface area contributed by atoms with Gasteiger partial charge in [-0.2, -0.15) is 9.37 Å². The molecule has 0 atom stereocenters. The molecule has 1 saturated carbocycles. The molecule has 76 valence electrons. The Balaban J connectivity index is 2.05. The van der Waals surface area contributed by atoms with Crippen LogP contribution in [0.2, 0.25) is 0 Å².